The molecular formula is C24H31N11O9S3. The van der Waals surface area contributed by atoms with E-state index in [1.807, 2.05) is 0 Å². The molecule has 2 aromatic heterocycles. The molecule has 4 rings (SSSR count). The number of carbonyl (C=O) groups is 5. The smallest absolute Gasteiger partial charge is 0.407 e. The first kappa shape index (κ1) is 35.3. The average Bonchev–Trinajstić information content (AvgIpc) is 3.63. The van der Waals surface area contributed by atoms with Crippen LogP contribution in [-0.2, 0) is 35.3 Å². The Morgan fingerprint density at radius 1 is 1.21 bits per heavy atom. The van der Waals surface area contributed by atoms with Crippen molar-refractivity contribution in [1.29, 1.82) is 0 Å². The zero-order chi connectivity index (χ0) is 34.3. The largest absolute Gasteiger partial charge is 0.479 e. The molecule has 23 heteroatoms. The number of tetrazole rings is 1. The van der Waals surface area contributed by atoms with Crippen LogP contribution in [0.15, 0.2) is 21.6 Å². The van der Waals surface area contributed by atoms with Gasteiger partial charge < -0.3 is 36.2 Å². The van der Waals surface area contributed by atoms with E-state index in [9.17, 15) is 29.1 Å². The Hall–Kier alpha value is -4.51. The quantitative estimate of drug-likeness (QED) is 0.0523. The number of hydrogen-bond acceptors (Lipinski definition) is 17. The Balaban J connectivity index is 1.35. The minimum atomic E-state index is -1.34. The van der Waals surface area contributed by atoms with E-state index in [4.69, 9.17) is 15.6 Å². The lowest BCUT2D eigenvalue weighted by molar-refractivity contribution is -0.150. The van der Waals surface area contributed by atoms with Gasteiger partial charge in [-0.25, -0.2) is 19.1 Å². The number of oxime groups is 1. The van der Waals surface area contributed by atoms with Crippen molar-refractivity contribution in [2.75, 3.05) is 30.4 Å². The van der Waals surface area contributed by atoms with Gasteiger partial charge in [-0.1, -0.05) is 16.9 Å². The number of aromatic nitrogens is 6. The van der Waals surface area contributed by atoms with Crippen LogP contribution in [0.4, 0.5) is 9.93 Å². The number of nitrogens with two attached hydrogens (primary N) is 1. The molecular weight excluding hydrogens is 683 g/mol. The van der Waals surface area contributed by atoms with Gasteiger partial charge in [0.15, 0.2) is 5.13 Å². The highest BCUT2D eigenvalue weighted by Gasteiger charge is 2.54. The monoisotopic (exact) mass is 713 g/mol. The van der Waals surface area contributed by atoms with Crippen LogP contribution in [0.2, 0.25) is 0 Å². The van der Waals surface area contributed by atoms with Crippen LogP contribution in [-0.4, -0.2) is 122 Å². The summed E-state index contributed by atoms with van der Waals surface area (Å²) in [6.07, 6.45) is 0.788. The van der Waals surface area contributed by atoms with E-state index in [0.717, 1.165) is 16.4 Å². The summed E-state index contributed by atoms with van der Waals surface area (Å²) >= 11 is 3.22. The second-order valence-corrected chi connectivity index (χ2v) is 13.6. The number of nitrogens with zero attached hydrogens (tertiary/aromatic N) is 8. The molecule has 0 aliphatic carbocycles. The molecule has 4 heterocycles. The van der Waals surface area contributed by atoms with E-state index in [0.29, 0.717) is 36.7 Å². The fourth-order valence-electron chi connectivity index (χ4n) is 4.15. The number of carboxylic acid groups (broad SMARTS) is 2. The SMILES string of the molecule is CC(C)(C)OC(=O)NCCCCn1nnnc1SCC1=C(C(=O)O)N2C(=O)C(NC(=O)/C(=N/OCC(=O)O)c3nsc(N)n3)C2SC1. The highest BCUT2D eigenvalue weighted by Crippen LogP contribution is 2.41. The molecule has 1 saturated heterocycles. The van der Waals surface area contributed by atoms with Gasteiger partial charge in [0.2, 0.25) is 23.3 Å². The molecule has 3 amide bonds. The zero-order valence-corrected chi connectivity index (χ0v) is 27.7. The number of amides is 3. The molecule has 0 bridgehead atoms. The average molecular weight is 714 g/mol. The first-order chi connectivity index (χ1) is 22.2. The van der Waals surface area contributed by atoms with Gasteiger partial charge in [0.25, 0.3) is 11.8 Å². The van der Waals surface area contributed by atoms with Crippen LogP contribution in [0, 0.1) is 0 Å². The summed E-state index contributed by atoms with van der Waals surface area (Å²) in [6, 6.07) is -1.12. The maximum atomic E-state index is 13.2. The number of unbranched alkanes of at least 4 members (excludes halogenated alkanes) is 1. The Bertz CT molecular complexity index is 1590. The number of β-lactam (4-membered cyclic amide) rings is 1. The summed E-state index contributed by atoms with van der Waals surface area (Å²) in [5.41, 5.74) is 4.76. The third-order valence-electron chi connectivity index (χ3n) is 6.09. The highest BCUT2D eigenvalue weighted by molar-refractivity contribution is 8.01. The van der Waals surface area contributed by atoms with Crippen molar-refractivity contribution in [2.45, 2.75) is 62.3 Å². The fourth-order valence-corrected chi connectivity index (χ4v) is 6.98. The molecule has 47 heavy (non-hydrogen) atoms. The Kier molecular flexibility index (Phi) is 11.6. The molecule has 0 spiro atoms. The van der Waals surface area contributed by atoms with Crippen molar-refractivity contribution < 1.29 is 43.8 Å². The zero-order valence-electron chi connectivity index (χ0n) is 25.2. The first-order valence-corrected chi connectivity index (χ1v) is 16.6. The number of nitrogens with one attached hydrogen (secondary N) is 2. The van der Waals surface area contributed by atoms with E-state index in [-0.39, 0.29) is 28.2 Å². The van der Waals surface area contributed by atoms with Gasteiger partial charge in [-0.05, 0) is 49.6 Å². The number of nitrogen functional groups attached to an aromatic ring is 1. The minimum Gasteiger partial charge on any atom is -0.479 e. The lowest BCUT2D eigenvalue weighted by Gasteiger charge is -2.49. The van der Waals surface area contributed by atoms with E-state index >= 15 is 0 Å². The molecule has 0 radical (unpaired) electrons. The van der Waals surface area contributed by atoms with E-state index in [2.05, 4.69) is 45.5 Å². The van der Waals surface area contributed by atoms with Crippen molar-refractivity contribution in [2.24, 2.45) is 5.16 Å². The van der Waals surface area contributed by atoms with Gasteiger partial charge in [-0.2, -0.15) is 9.36 Å². The van der Waals surface area contributed by atoms with Gasteiger partial charge in [-0.15, -0.1) is 16.9 Å². The number of carbonyl (C=O) groups excluding carboxylic acids is 3. The van der Waals surface area contributed by atoms with Gasteiger partial charge in [0.05, 0.1) is 0 Å². The molecule has 254 valence electrons. The summed E-state index contributed by atoms with van der Waals surface area (Å²) in [5.74, 6) is -4.09. The van der Waals surface area contributed by atoms with E-state index < -0.39 is 59.2 Å². The molecule has 20 nitrogen and oxygen atoms in total. The number of aliphatic carboxylic acids is 2. The maximum absolute atomic E-state index is 13.2. The number of aryl methyl sites for hydroxylation is 1. The summed E-state index contributed by atoms with van der Waals surface area (Å²) in [7, 11) is 0. The predicted molar refractivity (Wildman–Crippen MR) is 166 cm³/mol. The fraction of sp³-hybridized carbons (Fsp3) is 0.542. The molecule has 2 aliphatic rings. The molecule has 2 aliphatic heterocycles. The van der Waals surface area contributed by atoms with Crippen LogP contribution in [0.25, 0.3) is 0 Å². The number of ether oxygens (including phenoxy) is 1. The van der Waals surface area contributed by atoms with Crippen LogP contribution in [0.5, 0.6) is 0 Å². The first-order valence-electron chi connectivity index (χ1n) is 13.8. The lowest BCUT2D eigenvalue weighted by Crippen LogP contribution is -2.71. The standard InChI is InChI=1S/C24H31N11O9S3/c1-24(2,3)44-23(42)26-6-4-5-7-34-22(29-32-33-34)46-10-11-9-45-19-14(18(39)35(19)15(11)20(40)41)27-17(38)13(30-43-8-12(36)37)16-28-21(25)47-31-16/h14,19H,4-10H2,1-3H3,(H,26,42)(H,27,38)(H,36,37)(H,40,41)(H2,25,28,31)/b30-13+. The molecule has 2 unspecified atom stereocenters. The van der Waals surface area contributed by atoms with Crippen LogP contribution >= 0.6 is 35.1 Å². The molecule has 2 aromatic rings. The second kappa shape index (κ2) is 15.4. The van der Waals surface area contributed by atoms with Crippen molar-refractivity contribution in [3.63, 3.8) is 0 Å². The lowest BCUT2D eigenvalue weighted by atomic mass is 10.0. The molecule has 6 N–H and O–H groups in total. The summed E-state index contributed by atoms with van der Waals surface area (Å²) in [5, 5.41) is 39.0. The maximum Gasteiger partial charge on any atom is 0.407 e. The molecule has 2 atom stereocenters. The van der Waals surface area contributed by atoms with Gasteiger partial charge in [0.1, 0.15) is 22.7 Å². The van der Waals surface area contributed by atoms with Crippen LogP contribution < -0.4 is 16.4 Å². The van der Waals surface area contributed by atoms with Crippen LogP contribution in [0.1, 0.15) is 39.4 Å². The van der Waals surface area contributed by atoms with Crippen molar-refractivity contribution in [1.82, 2.24) is 45.1 Å². The van der Waals surface area contributed by atoms with Gasteiger partial charge >= 0.3 is 18.0 Å². The van der Waals surface area contributed by atoms with E-state index in [1.54, 1.807) is 25.5 Å². The summed E-state index contributed by atoms with van der Waals surface area (Å²) in [6.45, 7) is 5.34. The highest BCUT2D eigenvalue weighted by atomic mass is 32.2. The predicted octanol–water partition coefficient (Wildman–Crippen LogP) is -0.252. The van der Waals surface area contributed by atoms with Crippen LogP contribution in [0.3, 0.4) is 0 Å². The van der Waals surface area contributed by atoms with Crippen molar-refractivity contribution in [3.05, 3.63) is 17.1 Å². The molecule has 1 fully saturated rings. The van der Waals surface area contributed by atoms with Crippen molar-refractivity contribution in [3.8, 4) is 0 Å². The second-order valence-electron chi connectivity index (χ2n) is 10.8. The van der Waals surface area contributed by atoms with Gasteiger partial charge in [-0.3, -0.25) is 14.5 Å². The minimum absolute atomic E-state index is 0.00993. The normalized spacial score (nSPS) is 17.9. The van der Waals surface area contributed by atoms with E-state index in [1.165, 1.54) is 23.5 Å². The summed E-state index contributed by atoms with van der Waals surface area (Å²) in [4.78, 5) is 70.7. The Morgan fingerprint density at radius 3 is 2.64 bits per heavy atom. The number of fused-ring (bicyclic) bond motifs is 1. The number of thioether (sulfide) groups is 2. The number of anilines is 1. The third kappa shape index (κ3) is 9.28. The Morgan fingerprint density at radius 2 is 1.98 bits per heavy atom. The third-order valence-corrected chi connectivity index (χ3v) is 9.01. The summed E-state index contributed by atoms with van der Waals surface area (Å²) < 4.78 is 10.7. The topological polar surface area (TPSA) is 279 Å². The number of rotatable bonds is 15. The van der Waals surface area contributed by atoms with Gasteiger partial charge in [0, 0.05) is 36.1 Å². The molecule has 0 aromatic carbocycles. The Labute approximate surface area is 279 Å². The number of carboxylic acids is 2. The molecule has 0 saturated carbocycles. The number of alkyl carbamates (subject to hydrolysis) is 1. The van der Waals surface area contributed by atoms with Crippen molar-refractivity contribution >= 4 is 75.7 Å². The number of hydrogen-bond donors (Lipinski definition) is 5.